The largest absolute Gasteiger partial charge is 0.307 e. The van der Waals surface area contributed by atoms with E-state index in [1.807, 2.05) is 6.20 Å². The molecule has 0 bridgehead atoms. The standard InChI is InChI=1S/C10H15N3/c1-2-3-4-10-12-6-8-5-11-7-9(8)13-10/h6,11H,2-5,7H2,1H3. The van der Waals surface area contributed by atoms with Crippen LogP contribution >= 0.6 is 0 Å². The van der Waals surface area contributed by atoms with E-state index < -0.39 is 0 Å². The van der Waals surface area contributed by atoms with Gasteiger partial charge in [-0.15, -0.1) is 0 Å². The molecule has 2 heterocycles. The van der Waals surface area contributed by atoms with E-state index in [0.717, 1.165) is 25.3 Å². The molecule has 1 N–H and O–H groups in total. The second-order valence-electron chi connectivity index (χ2n) is 3.47. The van der Waals surface area contributed by atoms with Crippen molar-refractivity contribution in [2.75, 3.05) is 0 Å². The van der Waals surface area contributed by atoms with Crippen LogP contribution in [0.1, 0.15) is 36.8 Å². The van der Waals surface area contributed by atoms with Gasteiger partial charge in [0.2, 0.25) is 0 Å². The summed E-state index contributed by atoms with van der Waals surface area (Å²) in [6.45, 7) is 4.04. The van der Waals surface area contributed by atoms with Gasteiger partial charge in [0, 0.05) is 31.3 Å². The molecule has 3 nitrogen and oxygen atoms in total. The van der Waals surface area contributed by atoms with E-state index in [-0.39, 0.29) is 0 Å². The molecule has 2 rings (SSSR count). The summed E-state index contributed by atoms with van der Waals surface area (Å²) >= 11 is 0. The Bertz CT molecular complexity index is 296. The molecule has 0 saturated carbocycles. The van der Waals surface area contributed by atoms with Crippen molar-refractivity contribution in [1.82, 2.24) is 15.3 Å². The van der Waals surface area contributed by atoms with Gasteiger partial charge in [0.25, 0.3) is 0 Å². The molecule has 3 heteroatoms. The van der Waals surface area contributed by atoms with Crippen molar-refractivity contribution in [2.24, 2.45) is 0 Å². The van der Waals surface area contributed by atoms with Crippen molar-refractivity contribution in [3.05, 3.63) is 23.3 Å². The SMILES string of the molecule is CCCCc1ncc2c(n1)CNC2. The highest BCUT2D eigenvalue weighted by atomic mass is 15.0. The van der Waals surface area contributed by atoms with Gasteiger partial charge in [0.05, 0.1) is 5.69 Å². The lowest BCUT2D eigenvalue weighted by Crippen LogP contribution is -2.01. The smallest absolute Gasteiger partial charge is 0.128 e. The maximum absolute atomic E-state index is 4.52. The molecule has 1 aromatic heterocycles. The van der Waals surface area contributed by atoms with E-state index in [4.69, 9.17) is 0 Å². The van der Waals surface area contributed by atoms with Gasteiger partial charge < -0.3 is 5.32 Å². The number of fused-ring (bicyclic) bond motifs is 1. The fraction of sp³-hybridized carbons (Fsp3) is 0.600. The highest BCUT2D eigenvalue weighted by Crippen LogP contribution is 2.11. The van der Waals surface area contributed by atoms with Crippen molar-refractivity contribution in [2.45, 2.75) is 39.3 Å². The zero-order chi connectivity index (χ0) is 9.10. The van der Waals surface area contributed by atoms with Crippen LogP contribution in [0.4, 0.5) is 0 Å². The summed E-state index contributed by atoms with van der Waals surface area (Å²) in [7, 11) is 0. The lowest BCUT2D eigenvalue weighted by atomic mass is 10.2. The Morgan fingerprint density at radius 3 is 3.23 bits per heavy atom. The molecule has 0 atom stereocenters. The second kappa shape index (κ2) is 3.83. The number of unbranched alkanes of at least 4 members (excludes halogenated alkanes) is 1. The van der Waals surface area contributed by atoms with E-state index in [1.165, 1.54) is 24.1 Å². The summed E-state index contributed by atoms with van der Waals surface area (Å²) in [6, 6.07) is 0. The first-order valence-electron chi connectivity index (χ1n) is 4.94. The molecular weight excluding hydrogens is 162 g/mol. The Kier molecular flexibility index (Phi) is 2.54. The average molecular weight is 177 g/mol. The van der Waals surface area contributed by atoms with Crippen molar-refractivity contribution < 1.29 is 0 Å². The van der Waals surface area contributed by atoms with Crippen LogP contribution in [0.2, 0.25) is 0 Å². The predicted molar refractivity (Wildman–Crippen MR) is 51.2 cm³/mol. The molecule has 0 amide bonds. The Morgan fingerprint density at radius 1 is 1.46 bits per heavy atom. The maximum atomic E-state index is 4.52. The Hall–Kier alpha value is -0.960. The third-order valence-electron chi connectivity index (χ3n) is 2.37. The first-order valence-corrected chi connectivity index (χ1v) is 4.94. The molecule has 0 unspecified atom stereocenters. The number of nitrogens with zero attached hydrogens (tertiary/aromatic N) is 2. The highest BCUT2D eigenvalue weighted by molar-refractivity contribution is 5.21. The summed E-state index contributed by atoms with van der Waals surface area (Å²) in [4.78, 5) is 8.85. The molecule has 0 aliphatic carbocycles. The van der Waals surface area contributed by atoms with Gasteiger partial charge in [-0.1, -0.05) is 13.3 Å². The van der Waals surface area contributed by atoms with E-state index in [0.29, 0.717) is 0 Å². The molecule has 13 heavy (non-hydrogen) atoms. The van der Waals surface area contributed by atoms with Gasteiger partial charge in [0.15, 0.2) is 0 Å². The minimum absolute atomic E-state index is 0.914. The molecule has 1 aliphatic heterocycles. The molecular formula is C10H15N3. The average Bonchev–Trinajstić information content (AvgIpc) is 2.61. The Morgan fingerprint density at radius 2 is 2.38 bits per heavy atom. The zero-order valence-electron chi connectivity index (χ0n) is 8.01. The van der Waals surface area contributed by atoms with Gasteiger partial charge in [0.1, 0.15) is 5.82 Å². The molecule has 70 valence electrons. The topological polar surface area (TPSA) is 37.8 Å². The van der Waals surface area contributed by atoms with Crippen LogP contribution in [-0.2, 0) is 19.5 Å². The van der Waals surface area contributed by atoms with Crippen molar-refractivity contribution in [1.29, 1.82) is 0 Å². The minimum atomic E-state index is 0.914. The molecule has 1 aliphatic rings. The fourth-order valence-corrected chi connectivity index (χ4v) is 1.56. The van der Waals surface area contributed by atoms with Gasteiger partial charge >= 0.3 is 0 Å². The lowest BCUT2D eigenvalue weighted by molar-refractivity contribution is 0.735. The molecule has 0 spiro atoms. The molecule has 0 saturated heterocycles. The molecule has 0 fully saturated rings. The van der Waals surface area contributed by atoms with Crippen molar-refractivity contribution >= 4 is 0 Å². The number of aromatic nitrogens is 2. The highest BCUT2D eigenvalue weighted by Gasteiger charge is 2.11. The third-order valence-corrected chi connectivity index (χ3v) is 2.37. The molecule has 0 aromatic carbocycles. The number of aryl methyl sites for hydroxylation is 1. The summed E-state index contributed by atoms with van der Waals surface area (Å²) < 4.78 is 0. The number of hydrogen-bond acceptors (Lipinski definition) is 3. The van der Waals surface area contributed by atoms with Gasteiger partial charge in [-0.3, -0.25) is 0 Å². The van der Waals surface area contributed by atoms with E-state index in [2.05, 4.69) is 22.2 Å². The van der Waals surface area contributed by atoms with Crippen LogP contribution in [0.25, 0.3) is 0 Å². The summed E-state index contributed by atoms with van der Waals surface area (Å²) in [6.07, 6.45) is 5.38. The van der Waals surface area contributed by atoms with Crippen molar-refractivity contribution in [3.8, 4) is 0 Å². The van der Waals surface area contributed by atoms with Crippen LogP contribution in [0.5, 0.6) is 0 Å². The van der Waals surface area contributed by atoms with Crippen LogP contribution in [0, 0.1) is 0 Å². The maximum Gasteiger partial charge on any atom is 0.128 e. The van der Waals surface area contributed by atoms with Gasteiger partial charge in [-0.05, 0) is 6.42 Å². The number of nitrogens with one attached hydrogen (secondary N) is 1. The fourth-order valence-electron chi connectivity index (χ4n) is 1.56. The quantitative estimate of drug-likeness (QED) is 0.758. The molecule has 1 aromatic rings. The zero-order valence-corrected chi connectivity index (χ0v) is 8.01. The van der Waals surface area contributed by atoms with Crippen molar-refractivity contribution in [3.63, 3.8) is 0 Å². The summed E-state index contributed by atoms with van der Waals surface area (Å²) in [5.74, 6) is 1.00. The number of hydrogen-bond donors (Lipinski definition) is 1. The first-order chi connectivity index (χ1) is 6.40. The molecule has 0 radical (unpaired) electrons. The summed E-state index contributed by atoms with van der Waals surface area (Å²) in [5.41, 5.74) is 2.46. The summed E-state index contributed by atoms with van der Waals surface area (Å²) in [5, 5.41) is 3.27. The lowest BCUT2D eigenvalue weighted by Gasteiger charge is -2.00. The first kappa shape index (κ1) is 8.63. The second-order valence-corrected chi connectivity index (χ2v) is 3.47. The Balaban J connectivity index is 2.12. The van der Waals surface area contributed by atoms with Crippen LogP contribution in [0.15, 0.2) is 6.20 Å². The van der Waals surface area contributed by atoms with Gasteiger partial charge in [-0.25, -0.2) is 9.97 Å². The normalized spacial score (nSPS) is 14.5. The van der Waals surface area contributed by atoms with Gasteiger partial charge in [-0.2, -0.15) is 0 Å². The Labute approximate surface area is 78.6 Å². The predicted octanol–water partition coefficient (Wildman–Crippen LogP) is 1.42. The number of rotatable bonds is 3. The monoisotopic (exact) mass is 177 g/mol. The van der Waals surface area contributed by atoms with E-state index in [1.54, 1.807) is 0 Å². The van der Waals surface area contributed by atoms with Crippen LogP contribution < -0.4 is 5.32 Å². The van der Waals surface area contributed by atoms with E-state index in [9.17, 15) is 0 Å². The van der Waals surface area contributed by atoms with Crippen LogP contribution in [-0.4, -0.2) is 9.97 Å². The minimum Gasteiger partial charge on any atom is -0.307 e. The van der Waals surface area contributed by atoms with E-state index >= 15 is 0 Å². The van der Waals surface area contributed by atoms with Crippen LogP contribution in [0.3, 0.4) is 0 Å². The third kappa shape index (κ3) is 1.86.